The Hall–Kier alpha value is -2.01. The lowest BCUT2D eigenvalue weighted by molar-refractivity contribution is -0.137. The maximum atomic E-state index is 12.5. The maximum Gasteiger partial charge on any atom is 0.416 e. The fraction of sp³-hybridized carbons (Fsp3) is 0.294. The second-order valence-electron chi connectivity index (χ2n) is 4.95. The SMILES string of the molecule is CCCNCc1cccc(Oc2ccc(C(F)(F)F)cc2)c1. The molecular weight excluding hydrogens is 291 g/mol. The van der Waals surface area contributed by atoms with Gasteiger partial charge >= 0.3 is 6.18 Å². The molecule has 0 spiro atoms. The first-order chi connectivity index (χ1) is 10.5. The molecule has 1 N–H and O–H groups in total. The molecule has 0 aliphatic rings. The molecule has 2 aromatic carbocycles. The highest BCUT2D eigenvalue weighted by Gasteiger charge is 2.30. The van der Waals surface area contributed by atoms with Crippen molar-refractivity contribution in [3.05, 3.63) is 59.7 Å². The third-order valence-electron chi connectivity index (χ3n) is 3.07. The second kappa shape index (κ2) is 7.31. The Balaban J connectivity index is 2.02. The summed E-state index contributed by atoms with van der Waals surface area (Å²) in [6, 6.07) is 12.2. The molecule has 22 heavy (non-hydrogen) atoms. The monoisotopic (exact) mass is 309 g/mol. The minimum atomic E-state index is -4.33. The van der Waals surface area contributed by atoms with E-state index in [0.29, 0.717) is 11.5 Å². The van der Waals surface area contributed by atoms with E-state index in [1.807, 2.05) is 18.2 Å². The average Bonchev–Trinajstić information content (AvgIpc) is 2.48. The smallest absolute Gasteiger partial charge is 0.416 e. The molecule has 0 atom stereocenters. The van der Waals surface area contributed by atoms with Gasteiger partial charge in [0.2, 0.25) is 0 Å². The lowest BCUT2D eigenvalue weighted by atomic mass is 10.2. The van der Waals surface area contributed by atoms with E-state index in [1.54, 1.807) is 6.07 Å². The lowest BCUT2D eigenvalue weighted by Gasteiger charge is -2.10. The van der Waals surface area contributed by atoms with Crippen molar-refractivity contribution < 1.29 is 17.9 Å². The molecule has 0 heterocycles. The first kappa shape index (κ1) is 16.4. The van der Waals surface area contributed by atoms with E-state index in [1.165, 1.54) is 12.1 Å². The molecule has 0 aliphatic carbocycles. The molecule has 2 rings (SSSR count). The summed E-state index contributed by atoms with van der Waals surface area (Å²) in [6.07, 6.45) is -3.27. The first-order valence-corrected chi connectivity index (χ1v) is 7.14. The highest BCUT2D eigenvalue weighted by atomic mass is 19.4. The highest BCUT2D eigenvalue weighted by molar-refractivity contribution is 5.35. The predicted octanol–water partition coefficient (Wildman–Crippen LogP) is 5.00. The molecule has 0 saturated heterocycles. The maximum absolute atomic E-state index is 12.5. The van der Waals surface area contributed by atoms with Crippen molar-refractivity contribution in [2.45, 2.75) is 26.1 Å². The van der Waals surface area contributed by atoms with Crippen LogP contribution in [0.25, 0.3) is 0 Å². The largest absolute Gasteiger partial charge is 0.457 e. The van der Waals surface area contributed by atoms with Crippen LogP contribution >= 0.6 is 0 Å². The first-order valence-electron chi connectivity index (χ1n) is 7.14. The van der Waals surface area contributed by atoms with Crippen LogP contribution in [0.3, 0.4) is 0 Å². The van der Waals surface area contributed by atoms with Crippen molar-refractivity contribution in [1.29, 1.82) is 0 Å². The zero-order valence-corrected chi connectivity index (χ0v) is 12.3. The van der Waals surface area contributed by atoms with Gasteiger partial charge in [-0.25, -0.2) is 0 Å². The molecule has 5 heteroatoms. The van der Waals surface area contributed by atoms with Crippen LogP contribution in [0.15, 0.2) is 48.5 Å². The molecule has 0 aliphatic heterocycles. The number of alkyl halides is 3. The summed E-state index contributed by atoms with van der Waals surface area (Å²) < 4.78 is 43.1. The molecule has 0 saturated carbocycles. The van der Waals surface area contributed by atoms with Gasteiger partial charge in [-0.1, -0.05) is 19.1 Å². The van der Waals surface area contributed by atoms with Crippen LogP contribution in [-0.2, 0) is 12.7 Å². The van der Waals surface area contributed by atoms with Crippen molar-refractivity contribution in [3.63, 3.8) is 0 Å². The van der Waals surface area contributed by atoms with Crippen LogP contribution < -0.4 is 10.1 Å². The van der Waals surface area contributed by atoms with Gasteiger partial charge in [0, 0.05) is 6.54 Å². The fourth-order valence-electron chi connectivity index (χ4n) is 1.98. The van der Waals surface area contributed by atoms with Crippen molar-refractivity contribution in [2.75, 3.05) is 6.54 Å². The predicted molar refractivity (Wildman–Crippen MR) is 80.0 cm³/mol. The van der Waals surface area contributed by atoms with Gasteiger partial charge in [0.15, 0.2) is 0 Å². The molecular formula is C17H18F3NO. The number of ether oxygens (including phenoxy) is 1. The standard InChI is InChI=1S/C17H18F3NO/c1-2-10-21-12-13-4-3-5-16(11-13)22-15-8-6-14(7-9-15)17(18,19)20/h3-9,11,21H,2,10,12H2,1H3. The minimum absolute atomic E-state index is 0.381. The third kappa shape index (κ3) is 4.77. The molecule has 0 bridgehead atoms. The fourth-order valence-corrected chi connectivity index (χ4v) is 1.98. The van der Waals surface area contributed by atoms with E-state index < -0.39 is 11.7 Å². The van der Waals surface area contributed by atoms with Crippen LogP contribution in [0.4, 0.5) is 13.2 Å². The average molecular weight is 309 g/mol. The van der Waals surface area contributed by atoms with E-state index in [4.69, 9.17) is 4.74 Å². The van der Waals surface area contributed by atoms with Crippen LogP contribution in [0.2, 0.25) is 0 Å². The van der Waals surface area contributed by atoms with Crippen LogP contribution in [-0.4, -0.2) is 6.54 Å². The van der Waals surface area contributed by atoms with Crippen molar-refractivity contribution >= 4 is 0 Å². The summed E-state index contributed by atoms with van der Waals surface area (Å²) in [6.45, 7) is 3.76. The van der Waals surface area contributed by atoms with Crippen molar-refractivity contribution in [3.8, 4) is 11.5 Å². The van der Waals surface area contributed by atoms with Crippen molar-refractivity contribution in [1.82, 2.24) is 5.32 Å². The summed E-state index contributed by atoms with van der Waals surface area (Å²) in [5.74, 6) is 0.988. The Labute approximate surface area is 127 Å². The molecule has 118 valence electrons. The number of nitrogens with one attached hydrogen (secondary N) is 1. The van der Waals surface area contributed by atoms with Crippen LogP contribution in [0, 0.1) is 0 Å². The molecule has 0 radical (unpaired) electrons. The van der Waals surface area contributed by atoms with Gasteiger partial charge in [0.05, 0.1) is 5.56 Å². The summed E-state index contributed by atoms with van der Waals surface area (Å²) >= 11 is 0. The summed E-state index contributed by atoms with van der Waals surface area (Å²) in [5, 5.41) is 3.29. The molecule has 0 unspecified atom stereocenters. The second-order valence-corrected chi connectivity index (χ2v) is 4.95. The van der Waals surface area contributed by atoms with Gasteiger partial charge in [-0.2, -0.15) is 13.2 Å². The lowest BCUT2D eigenvalue weighted by Crippen LogP contribution is -2.13. The minimum Gasteiger partial charge on any atom is -0.457 e. The summed E-state index contributed by atoms with van der Waals surface area (Å²) in [5.41, 5.74) is 0.384. The number of benzene rings is 2. The Morgan fingerprint density at radius 1 is 1.00 bits per heavy atom. The number of hydrogen-bond acceptors (Lipinski definition) is 2. The summed E-state index contributed by atoms with van der Waals surface area (Å²) in [7, 11) is 0. The quantitative estimate of drug-likeness (QED) is 0.758. The van der Waals surface area contributed by atoms with E-state index >= 15 is 0 Å². The number of hydrogen-bond donors (Lipinski definition) is 1. The van der Waals surface area contributed by atoms with Gasteiger partial charge in [-0.3, -0.25) is 0 Å². The van der Waals surface area contributed by atoms with Gasteiger partial charge in [-0.15, -0.1) is 0 Å². The van der Waals surface area contributed by atoms with Crippen LogP contribution in [0.1, 0.15) is 24.5 Å². The van der Waals surface area contributed by atoms with Gasteiger partial charge < -0.3 is 10.1 Å². The Morgan fingerprint density at radius 2 is 1.73 bits per heavy atom. The van der Waals surface area contributed by atoms with E-state index in [2.05, 4.69) is 12.2 Å². The zero-order chi connectivity index (χ0) is 16.0. The molecule has 2 nitrogen and oxygen atoms in total. The Bertz CT molecular complexity index is 594. The third-order valence-corrected chi connectivity index (χ3v) is 3.07. The van der Waals surface area contributed by atoms with Crippen LogP contribution in [0.5, 0.6) is 11.5 Å². The molecule has 0 aromatic heterocycles. The highest BCUT2D eigenvalue weighted by Crippen LogP contribution is 2.31. The summed E-state index contributed by atoms with van der Waals surface area (Å²) in [4.78, 5) is 0. The normalized spacial score (nSPS) is 11.5. The van der Waals surface area contributed by atoms with Gasteiger partial charge in [-0.05, 0) is 54.9 Å². The van der Waals surface area contributed by atoms with Gasteiger partial charge in [0.25, 0.3) is 0 Å². The molecule has 0 fully saturated rings. The topological polar surface area (TPSA) is 21.3 Å². The van der Waals surface area contributed by atoms with Gasteiger partial charge in [0.1, 0.15) is 11.5 Å². The molecule has 2 aromatic rings. The number of halogens is 3. The Morgan fingerprint density at radius 3 is 2.36 bits per heavy atom. The number of rotatable bonds is 6. The Kier molecular flexibility index (Phi) is 5.44. The van der Waals surface area contributed by atoms with E-state index in [-0.39, 0.29) is 0 Å². The van der Waals surface area contributed by atoms with Crippen molar-refractivity contribution in [2.24, 2.45) is 0 Å². The van der Waals surface area contributed by atoms with E-state index in [0.717, 1.165) is 37.2 Å². The molecule has 0 amide bonds. The van der Waals surface area contributed by atoms with E-state index in [9.17, 15) is 13.2 Å². The zero-order valence-electron chi connectivity index (χ0n) is 12.3.